The van der Waals surface area contributed by atoms with Gasteiger partial charge >= 0.3 is 0 Å². The minimum absolute atomic E-state index is 0.157. The maximum Gasteiger partial charge on any atom is 0.248 e. The minimum Gasteiger partial charge on any atom is -0.387 e. The van der Waals surface area contributed by atoms with Gasteiger partial charge < -0.3 is 19.3 Å². The molecule has 0 aromatic carbocycles. The molecule has 0 radical (unpaired) electrons. The zero-order valence-electron chi connectivity index (χ0n) is 10.5. The summed E-state index contributed by atoms with van der Waals surface area (Å²) < 4.78 is 10.6. The molecule has 100 valence electrons. The summed E-state index contributed by atoms with van der Waals surface area (Å²) in [6.45, 7) is 4.65. The van der Waals surface area contributed by atoms with Gasteiger partial charge in [0, 0.05) is 12.5 Å². The number of aliphatic hydroxyl groups excluding tert-OH is 1. The summed E-state index contributed by atoms with van der Waals surface area (Å²) in [5, 5.41) is 12.7. The summed E-state index contributed by atoms with van der Waals surface area (Å²) in [6, 6.07) is 0. The van der Waals surface area contributed by atoms with Crippen molar-refractivity contribution in [2.45, 2.75) is 25.9 Å². The summed E-state index contributed by atoms with van der Waals surface area (Å²) in [7, 11) is 0. The van der Waals surface area contributed by atoms with Gasteiger partial charge in [-0.05, 0) is 0 Å². The maximum atomic E-state index is 11.4. The van der Waals surface area contributed by atoms with E-state index < -0.39 is 6.61 Å². The highest BCUT2D eigenvalue weighted by atomic mass is 16.5. The van der Waals surface area contributed by atoms with Crippen molar-refractivity contribution < 1.29 is 19.2 Å². The number of hydrogen-bond donors (Lipinski definition) is 1. The highest BCUT2D eigenvalue weighted by molar-refractivity contribution is 5.77. The number of nitrogens with zero attached hydrogens (tertiary/aromatic N) is 3. The lowest BCUT2D eigenvalue weighted by molar-refractivity contribution is -0.142. The van der Waals surface area contributed by atoms with E-state index in [1.807, 2.05) is 13.8 Å². The molecule has 1 fully saturated rings. The first-order chi connectivity index (χ1) is 8.61. The molecule has 1 aromatic rings. The van der Waals surface area contributed by atoms with Crippen LogP contribution in [0.1, 0.15) is 37.6 Å². The number of ether oxygens (including phenoxy) is 1. The van der Waals surface area contributed by atoms with Crippen LogP contribution < -0.4 is 0 Å². The predicted molar refractivity (Wildman–Crippen MR) is 60.7 cm³/mol. The van der Waals surface area contributed by atoms with Gasteiger partial charge in [-0.3, -0.25) is 4.79 Å². The number of hydrogen-bond acceptors (Lipinski definition) is 6. The first-order valence-electron chi connectivity index (χ1n) is 5.95. The number of carbonyl (C=O) groups is 1. The number of carbonyl (C=O) groups excluding carboxylic acids is 1. The summed E-state index contributed by atoms with van der Waals surface area (Å²) in [4.78, 5) is 17.2. The van der Waals surface area contributed by atoms with Crippen molar-refractivity contribution in [3.63, 3.8) is 0 Å². The van der Waals surface area contributed by atoms with Crippen LogP contribution >= 0.6 is 0 Å². The van der Waals surface area contributed by atoms with E-state index in [4.69, 9.17) is 14.4 Å². The molecule has 7 nitrogen and oxygen atoms in total. The molecule has 1 aliphatic rings. The molecular weight excluding hydrogens is 238 g/mol. The molecular formula is C11H17N3O4. The topological polar surface area (TPSA) is 88.7 Å². The fourth-order valence-corrected chi connectivity index (χ4v) is 1.74. The van der Waals surface area contributed by atoms with Gasteiger partial charge in [0.15, 0.2) is 0 Å². The molecule has 0 aliphatic carbocycles. The normalized spacial score (nSPS) is 20.4. The van der Waals surface area contributed by atoms with E-state index in [9.17, 15) is 4.79 Å². The van der Waals surface area contributed by atoms with Crippen LogP contribution in [0.5, 0.6) is 0 Å². The molecule has 1 aliphatic heterocycles. The Morgan fingerprint density at radius 1 is 1.61 bits per heavy atom. The lowest BCUT2D eigenvalue weighted by Gasteiger charge is -2.30. The van der Waals surface area contributed by atoms with Gasteiger partial charge in [-0.2, -0.15) is 4.98 Å². The fraction of sp³-hybridized carbons (Fsp3) is 0.727. The molecule has 1 atom stereocenters. The number of aromatic nitrogens is 2. The minimum atomic E-state index is -0.490. The van der Waals surface area contributed by atoms with E-state index in [0.29, 0.717) is 31.4 Å². The van der Waals surface area contributed by atoms with Gasteiger partial charge in [0.05, 0.1) is 13.2 Å². The molecule has 0 saturated carbocycles. The highest BCUT2D eigenvalue weighted by Crippen LogP contribution is 2.21. The van der Waals surface area contributed by atoms with E-state index >= 15 is 0 Å². The first-order valence-corrected chi connectivity index (χ1v) is 5.95. The standard InChI is InChI=1S/C11H17N3O4/c1-7(2)11-12-10(13-18-11)8-5-14(3-4-17-8)9(16)6-15/h7-8,15H,3-6H2,1-2H3. The molecule has 1 aromatic heterocycles. The van der Waals surface area contributed by atoms with E-state index in [-0.39, 0.29) is 17.9 Å². The smallest absolute Gasteiger partial charge is 0.248 e. The van der Waals surface area contributed by atoms with Crippen LogP contribution in [0.25, 0.3) is 0 Å². The van der Waals surface area contributed by atoms with Crippen LogP contribution in [0, 0.1) is 0 Å². The van der Waals surface area contributed by atoms with Crippen molar-refractivity contribution in [3.05, 3.63) is 11.7 Å². The Balaban J connectivity index is 2.05. The Bertz CT molecular complexity index is 418. The van der Waals surface area contributed by atoms with Crippen molar-refractivity contribution >= 4 is 5.91 Å². The molecule has 18 heavy (non-hydrogen) atoms. The van der Waals surface area contributed by atoms with Crippen LogP contribution in [0.2, 0.25) is 0 Å². The second kappa shape index (κ2) is 5.45. The van der Waals surface area contributed by atoms with E-state index in [1.165, 1.54) is 0 Å². The summed E-state index contributed by atoms with van der Waals surface area (Å²) in [5.41, 5.74) is 0. The van der Waals surface area contributed by atoms with Gasteiger partial charge in [0.2, 0.25) is 17.6 Å². The SMILES string of the molecule is CC(C)c1nc(C2CN(C(=O)CO)CCO2)no1. The van der Waals surface area contributed by atoms with Gasteiger partial charge in [0.1, 0.15) is 12.7 Å². The lowest BCUT2D eigenvalue weighted by Crippen LogP contribution is -2.43. The summed E-state index contributed by atoms with van der Waals surface area (Å²) in [6.07, 6.45) is -0.384. The quantitative estimate of drug-likeness (QED) is 0.823. The average molecular weight is 255 g/mol. The van der Waals surface area contributed by atoms with Crippen molar-refractivity contribution in [3.8, 4) is 0 Å². The van der Waals surface area contributed by atoms with Crippen LogP contribution in [0.3, 0.4) is 0 Å². The van der Waals surface area contributed by atoms with Crippen LogP contribution in [-0.2, 0) is 9.53 Å². The fourth-order valence-electron chi connectivity index (χ4n) is 1.74. The van der Waals surface area contributed by atoms with E-state index in [2.05, 4.69) is 10.1 Å². The summed E-state index contributed by atoms with van der Waals surface area (Å²) in [5.74, 6) is 0.856. The maximum absolute atomic E-state index is 11.4. The molecule has 7 heteroatoms. The number of amides is 1. The van der Waals surface area contributed by atoms with Gasteiger partial charge in [-0.25, -0.2) is 0 Å². The van der Waals surface area contributed by atoms with Gasteiger partial charge in [-0.1, -0.05) is 19.0 Å². The van der Waals surface area contributed by atoms with Crippen molar-refractivity contribution in [2.75, 3.05) is 26.3 Å². The second-order valence-electron chi connectivity index (χ2n) is 4.50. The van der Waals surface area contributed by atoms with Gasteiger partial charge in [-0.15, -0.1) is 0 Å². The number of morpholine rings is 1. The average Bonchev–Trinajstić information content (AvgIpc) is 2.88. The Morgan fingerprint density at radius 3 is 3.00 bits per heavy atom. The predicted octanol–water partition coefficient (Wildman–Crippen LogP) is 0.0852. The molecule has 1 N–H and O–H groups in total. The molecule has 1 saturated heterocycles. The number of rotatable bonds is 3. The largest absolute Gasteiger partial charge is 0.387 e. The Hall–Kier alpha value is -1.47. The van der Waals surface area contributed by atoms with Crippen molar-refractivity contribution in [1.82, 2.24) is 15.0 Å². The third-order valence-electron chi connectivity index (χ3n) is 2.79. The van der Waals surface area contributed by atoms with Gasteiger partial charge in [0.25, 0.3) is 0 Å². The lowest BCUT2D eigenvalue weighted by atomic mass is 10.2. The van der Waals surface area contributed by atoms with E-state index in [0.717, 1.165) is 0 Å². The second-order valence-corrected chi connectivity index (χ2v) is 4.50. The number of aliphatic hydroxyl groups is 1. The van der Waals surface area contributed by atoms with Crippen molar-refractivity contribution in [2.24, 2.45) is 0 Å². The zero-order valence-corrected chi connectivity index (χ0v) is 10.5. The molecule has 1 unspecified atom stereocenters. The third kappa shape index (κ3) is 2.68. The third-order valence-corrected chi connectivity index (χ3v) is 2.79. The zero-order chi connectivity index (χ0) is 13.1. The Kier molecular flexibility index (Phi) is 3.93. The van der Waals surface area contributed by atoms with Crippen molar-refractivity contribution in [1.29, 1.82) is 0 Å². The molecule has 2 rings (SSSR count). The monoisotopic (exact) mass is 255 g/mol. The van der Waals surface area contributed by atoms with E-state index in [1.54, 1.807) is 4.90 Å². The molecule has 0 spiro atoms. The molecule has 0 bridgehead atoms. The van der Waals surface area contributed by atoms with Crippen LogP contribution in [-0.4, -0.2) is 52.4 Å². The molecule has 1 amide bonds. The first kappa shape index (κ1) is 13.0. The summed E-state index contributed by atoms with van der Waals surface area (Å²) >= 11 is 0. The molecule has 2 heterocycles. The highest BCUT2D eigenvalue weighted by Gasteiger charge is 2.28. The Labute approximate surface area is 105 Å². The van der Waals surface area contributed by atoms with Crippen LogP contribution in [0.15, 0.2) is 4.52 Å². The van der Waals surface area contributed by atoms with Crippen LogP contribution in [0.4, 0.5) is 0 Å². The Morgan fingerprint density at radius 2 is 2.39 bits per heavy atom.